The van der Waals surface area contributed by atoms with Crippen molar-refractivity contribution in [2.45, 2.75) is 25.4 Å². The summed E-state index contributed by atoms with van der Waals surface area (Å²) in [4.78, 5) is 31.8. The highest BCUT2D eigenvalue weighted by molar-refractivity contribution is 6.42. The van der Waals surface area contributed by atoms with Crippen LogP contribution >= 0.6 is 23.2 Å². The van der Waals surface area contributed by atoms with Crippen molar-refractivity contribution in [1.82, 2.24) is 14.8 Å². The molecule has 0 unspecified atom stereocenters. The summed E-state index contributed by atoms with van der Waals surface area (Å²) in [7, 11) is 1.81. The number of rotatable bonds is 7. The molecule has 1 saturated heterocycles. The van der Waals surface area contributed by atoms with Crippen LogP contribution in [-0.2, 0) is 0 Å². The van der Waals surface area contributed by atoms with Crippen molar-refractivity contribution in [1.29, 1.82) is 0 Å². The topological polar surface area (TPSA) is 65.6 Å². The molecule has 8 heteroatoms. The molecule has 3 aromatic rings. The third kappa shape index (κ3) is 5.69. The van der Waals surface area contributed by atoms with Crippen molar-refractivity contribution in [2.75, 3.05) is 33.2 Å². The number of benzene rings is 2. The number of hydrogen-bond acceptors (Lipinski definition) is 4. The Bertz CT molecular complexity index is 1190. The molecule has 2 heterocycles. The van der Waals surface area contributed by atoms with Gasteiger partial charge in [-0.3, -0.25) is 9.59 Å². The lowest BCUT2D eigenvalue weighted by atomic mass is 10.1. The highest BCUT2D eigenvalue weighted by atomic mass is 35.5. The van der Waals surface area contributed by atoms with E-state index in [9.17, 15) is 9.59 Å². The molecule has 1 fully saturated rings. The van der Waals surface area contributed by atoms with Crippen LogP contribution in [0.1, 0.15) is 29.6 Å². The molecule has 0 saturated carbocycles. The number of aromatic amines is 1. The third-order valence-electron chi connectivity index (χ3n) is 6.08. The van der Waals surface area contributed by atoms with Gasteiger partial charge in [-0.1, -0.05) is 41.4 Å². The largest absolute Gasteiger partial charge is 0.490 e. The summed E-state index contributed by atoms with van der Waals surface area (Å²) in [5.74, 6) is 0.661. The Labute approximate surface area is 203 Å². The van der Waals surface area contributed by atoms with Crippen LogP contribution < -0.4 is 10.3 Å². The SMILES string of the molecule is CN(CCCN1CCC(Oc2ccc(Cl)c(Cl)c2)CC1)C(=O)c1c[nH]c(=O)c2ccccc12. The van der Waals surface area contributed by atoms with Crippen molar-refractivity contribution in [2.24, 2.45) is 0 Å². The molecule has 0 radical (unpaired) electrons. The van der Waals surface area contributed by atoms with Crippen molar-refractivity contribution < 1.29 is 9.53 Å². The average molecular weight is 488 g/mol. The lowest BCUT2D eigenvalue weighted by Gasteiger charge is -2.32. The van der Waals surface area contributed by atoms with E-state index in [1.54, 1.807) is 36.2 Å². The van der Waals surface area contributed by atoms with Crippen LogP contribution in [0.4, 0.5) is 0 Å². The van der Waals surface area contributed by atoms with E-state index in [2.05, 4.69) is 9.88 Å². The second kappa shape index (κ2) is 10.6. The van der Waals surface area contributed by atoms with Crippen LogP contribution in [0.3, 0.4) is 0 Å². The smallest absolute Gasteiger partial charge is 0.255 e. The number of H-pyrrole nitrogens is 1. The maximum absolute atomic E-state index is 13.0. The van der Waals surface area contributed by atoms with Crippen molar-refractivity contribution in [3.63, 3.8) is 0 Å². The molecule has 2 aromatic carbocycles. The Hall–Kier alpha value is -2.54. The predicted molar refractivity (Wildman–Crippen MR) is 133 cm³/mol. The summed E-state index contributed by atoms with van der Waals surface area (Å²) < 4.78 is 6.06. The van der Waals surface area contributed by atoms with Crippen LogP contribution in [0.5, 0.6) is 5.75 Å². The molecule has 174 valence electrons. The highest BCUT2D eigenvalue weighted by Gasteiger charge is 2.21. The lowest BCUT2D eigenvalue weighted by Crippen LogP contribution is -2.39. The minimum absolute atomic E-state index is 0.0869. The normalized spacial score (nSPS) is 15.0. The minimum atomic E-state index is -0.184. The van der Waals surface area contributed by atoms with Gasteiger partial charge in [-0.05, 0) is 44.0 Å². The number of hydrogen-bond donors (Lipinski definition) is 1. The fraction of sp³-hybridized carbons (Fsp3) is 0.360. The first-order chi connectivity index (χ1) is 15.9. The minimum Gasteiger partial charge on any atom is -0.490 e. The van der Waals surface area contributed by atoms with E-state index in [4.69, 9.17) is 27.9 Å². The molecule has 0 bridgehead atoms. The third-order valence-corrected chi connectivity index (χ3v) is 6.82. The number of nitrogens with zero attached hydrogens (tertiary/aromatic N) is 2. The number of likely N-dealkylation sites (tertiary alicyclic amines) is 1. The summed E-state index contributed by atoms with van der Waals surface area (Å²) in [5.41, 5.74) is 0.337. The number of aromatic nitrogens is 1. The van der Waals surface area contributed by atoms with Gasteiger partial charge in [-0.2, -0.15) is 0 Å². The quantitative estimate of drug-likeness (QED) is 0.517. The molecule has 1 aliphatic heterocycles. The van der Waals surface area contributed by atoms with E-state index in [1.165, 1.54) is 6.20 Å². The van der Waals surface area contributed by atoms with Crippen LogP contribution in [0.2, 0.25) is 10.0 Å². The molecule has 0 aliphatic carbocycles. The number of carbonyl (C=O) groups excluding carboxylic acids is 1. The van der Waals surface area contributed by atoms with Crippen LogP contribution in [0.25, 0.3) is 10.8 Å². The average Bonchev–Trinajstić information content (AvgIpc) is 2.82. The number of piperidine rings is 1. The maximum Gasteiger partial charge on any atom is 0.255 e. The second-order valence-corrected chi connectivity index (χ2v) is 9.21. The molecule has 0 spiro atoms. The van der Waals surface area contributed by atoms with Crippen LogP contribution in [-0.4, -0.2) is 60.0 Å². The van der Waals surface area contributed by atoms with Gasteiger partial charge < -0.3 is 19.5 Å². The van der Waals surface area contributed by atoms with Crippen molar-refractivity contribution in [3.05, 3.63) is 74.6 Å². The van der Waals surface area contributed by atoms with Gasteiger partial charge in [0.2, 0.25) is 0 Å². The Morgan fingerprint density at radius 3 is 2.58 bits per heavy atom. The van der Waals surface area contributed by atoms with E-state index in [0.29, 0.717) is 32.9 Å². The molecule has 33 heavy (non-hydrogen) atoms. The molecule has 1 amide bonds. The Balaban J connectivity index is 1.24. The standard InChI is InChI=1S/C25H27Cl2N3O3/c1-29(25(32)21-16-28-24(31)20-6-3-2-5-19(20)21)11-4-12-30-13-9-17(10-14-30)33-18-7-8-22(26)23(27)15-18/h2-3,5-8,15-17H,4,9-14H2,1H3,(H,28,31). The first-order valence-corrected chi connectivity index (χ1v) is 11.9. The van der Waals surface area contributed by atoms with Gasteiger partial charge in [0.15, 0.2) is 0 Å². The summed E-state index contributed by atoms with van der Waals surface area (Å²) in [6.45, 7) is 3.47. The Morgan fingerprint density at radius 2 is 1.85 bits per heavy atom. The van der Waals surface area contributed by atoms with E-state index in [-0.39, 0.29) is 17.6 Å². The predicted octanol–water partition coefficient (Wildman–Crippen LogP) is 4.84. The van der Waals surface area contributed by atoms with E-state index < -0.39 is 0 Å². The molecule has 1 N–H and O–H groups in total. The van der Waals surface area contributed by atoms with Gasteiger partial charge in [-0.15, -0.1) is 0 Å². The van der Waals surface area contributed by atoms with Gasteiger partial charge in [0.1, 0.15) is 11.9 Å². The number of pyridine rings is 1. The first kappa shape index (κ1) is 23.6. The lowest BCUT2D eigenvalue weighted by molar-refractivity contribution is 0.0774. The second-order valence-electron chi connectivity index (χ2n) is 8.39. The zero-order valence-electron chi connectivity index (χ0n) is 18.5. The molecule has 1 aliphatic rings. The number of carbonyl (C=O) groups is 1. The summed E-state index contributed by atoms with van der Waals surface area (Å²) in [6.07, 6.45) is 4.44. The zero-order valence-corrected chi connectivity index (χ0v) is 20.0. The number of halogens is 2. The van der Waals surface area contributed by atoms with E-state index >= 15 is 0 Å². The summed E-state index contributed by atoms with van der Waals surface area (Å²) >= 11 is 12.0. The molecular formula is C25H27Cl2N3O3. The van der Waals surface area contributed by atoms with Gasteiger partial charge in [-0.25, -0.2) is 0 Å². The number of fused-ring (bicyclic) bond motifs is 1. The van der Waals surface area contributed by atoms with Gasteiger partial charge >= 0.3 is 0 Å². The number of nitrogens with one attached hydrogen (secondary N) is 1. The zero-order chi connectivity index (χ0) is 23.4. The number of ether oxygens (including phenoxy) is 1. The van der Waals surface area contributed by atoms with Gasteiger partial charge in [0.05, 0.1) is 15.6 Å². The fourth-order valence-electron chi connectivity index (χ4n) is 4.22. The van der Waals surface area contributed by atoms with Crippen molar-refractivity contribution >= 4 is 39.9 Å². The molecule has 0 atom stereocenters. The first-order valence-electron chi connectivity index (χ1n) is 11.1. The molecule has 6 nitrogen and oxygen atoms in total. The summed E-state index contributed by atoms with van der Waals surface area (Å²) in [6, 6.07) is 12.5. The summed E-state index contributed by atoms with van der Waals surface area (Å²) in [5, 5.41) is 2.24. The van der Waals surface area contributed by atoms with Crippen LogP contribution in [0, 0.1) is 0 Å². The maximum atomic E-state index is 13.0. The van der Waals surface area contributed by atoms with Gasteiger partial charge in [0, 0.05) is 49.7 Å². The number of amides is 1. The Morgan fingerprint density at radius 1 is 1.12 bits per heavy atom. The molecule has 4 rings (SSSR count). The monoisotopic (exact) mass is 487 g/mol. The van der Waals surface area contributed by atoms with Gasteiger partial charge in [0.25, 0.3) is 11.5 Å². The molecular weight excluding hydrogens is 461 g/mol. The van der Waals surface area contributed by atoms with Crippen molar-refractivity contribution in [3.8, 4) is 5.75 Å². The fourth-order valence-corrected chi connectivity index (χ4v) is 4.51. The highest BCUT2D eigenvalue weighted by Crippen LogP contribution is 2.28. The van der Waals surface area contributed by atoms with Crippen LogP contribution in [0.15, 0.2) is 53.5 Å². The Kier molecular flexibility index (Phi) is 7.58. The van der Waals surface area contributed by atoms with E-state index in [0.717, 1.165) is 44.6 Å². The van der Waals surface area contributed by atoms with E-state index in [1.807, 2.05) is 18.2 Å². The molecule has 1 aromatic heterocycles.